The predicted molar refractivity (Wildman–Crippen MR) is 43.7 cm³/mol. The SMILES string of the molecule is CC(C)(C)C1=CC(N=C=O)NO1. The normalized spacial score (nSPS) is 22.6. The lowest BCUT2D eigenvalue weighted by Crippen LogP contribution is -2.19. The van der Waals surface area contributed by atoms with Crippen LogP contribution in [0.15, 0.2) is 16.8 Å². The highest BCUT2D eigenvalue weighted by Gasteiger charge is 2.26. The van der Waals surface area contributed by atoms with Crippen LogP contribution >= 0.6 is 0 Å². The van der Waals surface area contributed by atoms with Gasteiger partial charge in [-0.3, -0.25) is 0 Å². The highest BCUT2D eigenvalue weighted by molar-refractivity contribution is 5.34. The Morgan fingerprint density at radius 2 is 2.33 bits per heavy atom. The molecule has 66 valence electrons. The number of hydroxylamine groups is 1. The van der Waals surface area contributed by atoms with E-state index in [1.54, 1.807) is 6.08 Å². The number of nitrogens with zero attached hydrogens (tertiary/aromatic N) is 1. The van der Waals surface area contributed by atoms with E-state index in [1.165, 1.54) is 6.08 Å². The molecule has 0 amide bonds. The van der Waals surface area contributed by atoms with E-state index in [2.05, 4.69) is 10.5 Å². The van der Waals surface area contributed by atoms with Crippen LogP contribution in [0.4, 0.5) is 0 Å². The van der Waals surface area contributed by atoms with Crippen molar-refractivity contribution in [3.63, 3.8) is 0 Å². The van der Waals surface area contributed by atoms with Crippen molar-refractivity contribution in [1.82, 2.24) is 5.48 Å². The Bertz CT molecular complexity index is 246. The van der Waals surface area contributed by atoms with Gasteiger partial charge in [-0.05, 0) is 6.08 Å². The second kappa shape index (κ2) is 3.09. The molecule has 0 aromatic rings. The summed E-state index contributed by atoms with van der Waals surface area (Å²) in [7, 11) is 0. The quantitative estimate of drug-likeness (QED) is 0.471. The van der Waals surface area contributed by atoms with Crippen molar-refractivity contribution in [3.05, 3.63) is 11.8 Å². The zero-order valence-electron chi connectivity index (χ0n) is 7.42. The maximum atomic E-state index is 9.90. The minimum absolute atomic E-state index is 0.0554. The van der Waals surface area contributed by atoms with Crippen molar-refractivity contribution in [1.29, 1.82) is 0 Å². The number of hydrogen-bond donors (Lipinski definition) is 1. The minimum atomic E-state index is -0.378. The molecule has 0 saturated carbocycles. The molecule has 1 aliphatic rings. The Morgan fingerprint density at radius 1 is 1.67 bits per heavy atom. The molecule has 1 rings (SSSR count). The Balaban J connectivity index is 2.72. The van der Waals surface area contributed by atoms with Gasteiger partial charge in [0.1, 0.15) is 5.76 Å². The Labute approximate surface area is 71.3 Å². The van der Waals surface area contributed by atoms with Crippen LogP contribution in [-0.4, -0.2) is 12.2 Å². The van der Waals surface area contributed by atoms with Crippen LogP contribution in [0.2, 0.25) is 0 Å². The molecule has 4 nitrogen and oxygen atoms in total. The summed E-state index contributed by atoms with van der Waals surface area (Å²) in [5.74, 6) is 0.798. The molecule has 0 aromatic heterocycles. The first-order valence-corrected chi connectivity index (χ1v) is 3.75. The van der Waals surface area contributed by atoms with Gasteiger partial charge < -0.3 is 4.84 Å². The Morgan fingerprint density at radius 3 is 2.75 bits per heavy atom. The van der Waals surface area contributed by atoms with Crippen LogP contribution in [-0.2, 0) is 9.63 Å². The van der Waals surface area contributed by atoms with Gasteiger partial charge in [0.15, 0.2) is 6.17 Å². The van der Waals surface area contributed by atoms with E-state index in [0.717, 1.165) is 5.76 Å². The number of allylic oxidation sites excluding steroid dienone is 1. The number of carbonyl (C=O) groups excluding carboxylic acids is 1. The summed E-state index contributed by atoms with van der Waals surface area (Å²) >= 11 is 0. The maximum absolute atomic E-state index is 9.90. The number of aliphatic imine (C=N–C) groups is 1. The summed E-state index contributed by atoms with van der Waals surface area (Å²) in [6, 6.07) is 0. The summed E-state index contributed by atoms with van der Waals surface area (Å²) in [5, 5.41) is 0. The van der Waals surface area contributed by atoms with E-state index < -0.39 is 0 Å². The van der Waals surface area contributed by atoms with Crippen molar-refractivity contribution in [3.8, 4) is 0 Å². The number of hydrogen-bond acceptors (Lipinski definition) is 4. The molecule has 1 aliphatic heterocycles. The van der Waals surface area contributed by atoms with E-state index in [4.69, 9.17) is 4.84 Å². The van der Waals surface area contributed by atoms with Gasteiger partial charge in [0.05, 0.1) is 0 Å². The molecule has 0 spiro atoms. The van der Waals surface area contributed by atoms with Crippen molar-refractivity contribution in [2.75, 3.05) is 0 Å². The van der Waals surface area contributed by atoms with E-state index in [-0.39, 0.29) is 11.6 Å². The third kappa shape index (κ3) is 1.94. The molecule has 12 heavy (non-hydrogen) atoms. The molecular weight excluding hydrogens is 156 g/mol. The largest absolute Gasteiger partial charge is 0.410 e. The van der Waals surface area contributed by atoms with Crippen LogP contribution in [0.1, 0.15) is 20.8 Å². The summed E-state index contributed by atoms with van der Waals surface area (Å²) < 4.78 is 0. The lowest BCUT2D eigenvalue weighted by molar-refractivity contribution is 0.0809. The minimum Gasteiger partial charge on any atom is -0.410 e. The lowest BCUT2D eigenvalue weighted by Gasteiger charge is -2.17. The average Bonchev–Trinajstić information content (AvgIpc) is 2.35. The van der Waals surface area contributed by atoms with Crippen molar-refractivity contribution >= 4 is 6.08 Å². The van der Waals surface area contributed by atoms with E-state index in [0.29, 0.717) is 0 Å². The Hall–Kier alpha value is -1.12. The number of nitrogens with one attached hydrogen (secondary N) is 1. The predicted octanol–water partition coefficient (Wildman–Crippen LogP) is 1.11. The number of rotatable bonds is 1. The smallest absolute Gasteiger partial charge is 0.237 e. The third-order valence-electron chi connectivity index (χ3n) is 1.53. The fourth-order valence-electron chi connectivity index (χ4n) is 0.859. The lowest BCUT2D eigenvalue weighted by atomic mass is 9.94. The fourth-order valence-corrected chi connectivity index (χ4v) is 0.859. The standard InChI is InChI=1S/C8H12N2O2/c1-8(2,3)6-4-7(9-5-11)10-12-6/h4,7,10H,1-3H3. The Kier molecular flexibility index (Phi) is 2.31. The molecule has 1 atom stereocenters. The first kappa shape index (κ1) is 8.97. The van der Waals surface area contributed by atoms with Gasteiger partial charge in [-0.1, -0.05) is 20.8 Å². The fraction of sp³-hybridized carbons (Fsp3) is 0.625. The first-order valence-electron chi connectivity index (χ1n) is 3.75. The van der Waals surface area contributed by atoms with Gasteiger partial charge >= 0.3 is 0 Å². The molecule has 0 bridgehead atoms. The summed E-state index contributed by atoms with van der Waals surface area (Å²) in [4.78, 5) is 18.5. The number of isocyanates is 1. The molecule has 0 fully saturated rings. The molecule has 1 unspecified atom stereocenters. The summed E-state index contributed by atoms with van der Waals surface area (Å²) in [6.45, 7) is 6.06. The third-order valence-corrected chi connectivity index (χ3v) is 1.53. The topological polar surface area (TPSA) is 50.7 Å². The average molecular weight is 168 g/mol. The van der Waals surface area contributed by atoms with E-state index >= 15 is 0 Å². The van der Waals surface area contributed by atoms with Gasteiger partial charge in [0, 0.05) is 5.41 Å². The van der Waals surface area contributed by atoms with Gasteiger partial charge in [-0.15, -0.1) is 5.48 Å². The second-order valence-electron chi connectivity index (χ2n) is 3.67. The zero-order valence-corrected chi connectivity index (χ0v) is 7.42. The molecule has 0 aromatic carbocycles. The van der Waals surface area contributed by atoms with Gasteiger partial charge in [-0.25, -0.2) is 4.79 Å². The van der Waals surface area contributed by atoms with Gasteiger partial charge in [0.2, 0.25) is 6.08 Å². The van der Waals surface area contributed by atoms with Crippen molar-refractivity contribution in [2.45, 2.75) is 26.9 Å². The van der Waals surface area contributed by atoms with Crippen LogP contribution in [0.3, 0.4) is 0 Å². The maximum Gasteiger partial charge on any atom is 0.237 e. The van der Waals surface area contributed by atoms with Crippen molar-refractivity contribution < 1.29 is 9.63 Å². The highest BCUT2D eigenvalue weighted by Crippen LogP contribution is 2.28. The summed E-state index contributed by atoms with van der Waals surface area (Å²) in [6.07, 6.45) is 2.86. The van der Waals surface area contributed by atoms with Crippen LogP contribution < -0.4 is 5.48 Å². The molecular formula is C8H12N2O2. The summed E-state index contributed by atoms with van der Waals surface area (Å²) in [5.41, 5.74) is 2.54. The molecule has 4 heteroatoms. The van der Waals surface area contributed by atoms with Crippen LogP contribution in [0.25, 0.3) is 0 Å². The van der Waals surface area contributed by atoms with Crippen LogP contribution in [0.5, 0.6) is 0 Å². The van der Waals surface area contributed by atoms with Gasteiger partial charge in [0.25, 0.3) is 0 Å². The van der Waals surface area contributed by atoms with Crippen LogP contribution in [0, 0.1) is 5.41 Å². The van der Waals surface area contributed by atoms with Gasteiger partial charge in [-0.2, -0.15) is 4.99 Å². The molecule has 0 aliphatic carbocycles. The second-order valence-corrected chi connectivity index (χ2v) is 3.67. The molecule has 1 heterocycles. The molecule has 1 N–H and O–H groups in total. The van der Waals surface area contributed by atoms with E-state index in [1.807, 2.05) is 20.8 Å². The first-order chi connectivity index (χ1) is 5.54. The van der Waals surface area contributed by atoms with E-state index in [9.17, 15) is 4.79 Å². The highest BCUT2D eigenvalue weighted by atomic mass is 16.7. The molecule has 0 radical (unpaired) electrons. The zero-order chi connectivity index (χ0) is 9.19. The van der Waals surface area contributed by atoms with Crippen molar-refractivity contribution in [2.24, 2.45) is 10.4 Å². The monoisotopic (exact) mass is 168 g/mol. The molecule has 0 saturated heterocycles.